The number of hydrogen-bond acceptors (Lipinski definition) is 3. The monoisotopic (exact) mass is 359 g/mol. The van der Waals surface area contributed by atoms with Gasteiger partial charge in [-0.1, -0.05) is 22.0 Å². The van der Waals surface area contributed by atoms with E-state index in [-0.39, 0.29) is 5.82 Å². The Kier molecular flexibility index (Phi) is 3.98. The first-order valence-electron chi connectivity index (χ1n) is 6.87. The zero-order chi connectivity index (χ0) is 15.7. The predicted molar refractivity (Wildman–Crippen MR) is 92.3 cm³/mol. The molecule has 0 bridgehead atoms. The fourth-order valence-corrected chi connectivity index (χ4v) is 2.88. The molecule has 1 heterocycles. The summed E-state index contributed by atoms with van der Waals surface area (Å²) in [6.07, 6.45) is 1.22. The third kappa shape index (κ3) is 2.90. The summed E-state index contributed by atoms with van der Waals surface area (Å²) in [7, 11) is 0. The number of nitrogens with two attached hydrogens (primary N) is 1. The number of aryl methyl sites for hydroxylation is 1. The van der Waals surface area contributed by atoms with Crippen molar-refractivity contribution in [3.63, 3.8) is 0 Å². The summed E-state index contributed by atoms with van der Waals surface area (Å²) in [4.78, 5) is 4.16. The fraction of sp³-hybridized carbons (Fsp3) is 0.118. The smallest absolute Gasteiger partial charge is 0.149 e. The van der Waals surface area contributed by atoms with Gasteiger partial charge in [-0.25, -0.2) is 9.37 Å². The minimum Gasteiger partial charge on any atom is -0.399 e. The van der Waals surface area contributed by atoms with Gasteiger partial charge >= 0.3 is 0 Å². The van der Waals surface area contributed by atoms with Crippen molar-refractivity contribution >= 4 is 38.2 Å². The molecule has 0 aliphatic heterocycles. The molecule has 0 spiro atoms. The van der Waals surface area contributed by atoms with Gasteiger partial charge < -0.3 is 11.1 Å². The van der Waals surface area contributed by atoms with Crippen molar-refractivity contribution in [3.05, 3.63) is 64.0 Å². The largest absolute Gasteiger partial charge is 0.399 e. The van der Waals surface area contributed by atoms with E-state index in [1.807, 2.05) is 6.07 Å². The summed E-state index contributed by atoms with van der Waals surface area (Å²) < 4.78 is 14.9. The Morgan fingerprint density at radius 3 is 2.77 bits per heavy atom. The first kappa shape index (κ1) is 14.8. The highest BCUT2D eigenvalue weighted by atomic mass is 79.9. The van der Waals surface area contributed by atoms with E-state index in [9.17, 15) is 4.39 Å². The van der Waals surface area contributed by atoms with Crippen LogP contribution in [0.4, 0.5) is 15.9 Å². The van der Waals surface area contributed by atoms with Gasteiger partial charge in [0.25, 0.3) is 0 Å². The Morgan fingerprint density at radius 1 is 1.18 bits per heavy atom. The van der Waals surface area contributed by atoms with Gasteiger partial charge in [0.2, 0.25) is 0 Å². The highest BCUT2D eigenvalue weighted by molar-refractivity contribution is 9.10. The molecule has 5 heteroatoms. The number of rotatable bonds is 3. The van der Waals surface area contributed by atoms with Crippen LogP contribution in [-0.4, -0.2) is 4.98 Å². The van der Waals surface area contributed by atoms with Gasteiger partial charge in [-0.2, -0.15) is 0 Å². The van der Waals surface area contributed by atoms with E-state index < -0.39 is 0 Å². The minimum atomic E-state index is -0.368. The molecule has 2 aromatic carbocycles. The third-order valence-corrected chi connectivity index (χ3v) is 4.11. The van der Waals surface area contributed by atoms with Crippen LogP contribution >= 0.6 is 15.9 Å². The molecule has 1 aromatic heterocycles. The van der Waals surface area contributed by atoms with E-state index >= 15 is 0 Å². The van der Waals surface area contributed by atoms with Crippen molar-refractivity contribution < 1.29 is 4.39 Å². The molecule has 0 atom stereocenters. The Bertz CT molecular complexity index is 849. The van der Waals surface area contributed by atoms with E-state index in [4.69, 9.17) is 5.73 Å². The number of benzene rings is 2. The first-order chi connectivity index (χ1) is 10.5. The standard InChI is InChI=1S/C17H15BrFN3/c1-10-6-12(18)3-2-11(10)8-21-17-14-5-4-13(20)7-15(14)16(19)9-22-17/h2-7,9H,8,20H2,1H3,(H,21,22). The topological polar surface area (TPSA) is 50.9 Å². The maximum absolute atomic E-state index is 13.9. The number of nitrogen functional groups attached to an aromatic ring is 1. The number of hydrogen-bond donors (Lipinski definition) is 2. The molecule has 0 fully saturated rings. The zero-order valence-electron chi connectivity index (χ0n) is 12.0. The van der Waals surface area contributed by atoms with Crippen molar-refractivity contribution in [3.8, 4) is 0 Å². The van der Waals surface area contributed by atoms with Crippen LogP contribution < -0.4 is 11.1 Å². The van der Waals surface area contributed by atoms with Crippen molar-refractivity contribution in [2.45, 2.75) is 13.5 Å². The highest BCUT2D eigenvalue weighted by Gasteiger charge is 2.08. The number of nitrogens with zero attached hydrogens (tertiary/aromatic N) is 1. The van der Waals surface area contributed by atoms with Crippen LogP contribution in [0.5, 0.6) is 0 Å². The number of aromatic nitrogens is 1. The number of halogens is 2. The van der Waals surface area contributed by atoms with E-state index in [0.717, 1.165) is 15.4 Å². The number of anilines is 2. The van der Waals surface area contributed by atoms with Gasteiger partial charge in [0.05, 0.1) is 6.20 Å². The normalized spacial score (nSPS) is 10.9. The summed E-state index contributed by atoms with van der Waals surface area (Å²) in [5, 5.41) is 4.48. The molecule has 0 aliphatic carbocycles. The zero-order valence-corrected chi connectivity index (χ0v) is 13.6. The summed E-state index contributed by atoms with van der Waals surface area (Å²) in [6.45, 7) is 2.68. The Morgan fingerprint density at radius 2 is 2.00 bits per heavy atom. The molecule has 3 nitrogen and oxygen atoms in total. The first-order valence-corrected chi connectivity index (χ1v) is 7.66. The number of nitrogens with one attached hydrogen (secondary N) is 1. The molecule has 0 unspecified atom stereocenters. The molecule has 0 saturated heterocycles. The second-order valence-electron chi connectivity index (χ2n) is 5.18. The summed E-state index contributed by atoms with van der Waals surface area (Å²) in [6, 6.07) is 11.3. The van der Waals surface area contributed by atoms with Gasteiger partial charge in [0.15, 0.2) is 0 Å². The lowest BCUT2D eigenvalue weighted by Gasteiger charge is -2.11. The molecule has 3 aromatic rings. The van der Waals surface area contributed by atoms with Gasteiger partial charge in [-0.3, -0.25) is 0 Å². The molecule has 0 saturated carbocycles. The average Bonchev–Trinajstić information content (AvgIpc) is 2.48. The van der Waals surface area contributed by atoms with E-state index in [0.29, 0.717) is 23.4 Å². The maximum Gasteiger partial charge on any atom is 0.149 e. The highest BCUT2D eigenvalue weighted by Crippen LogP contribution is 2.26. The van der Waals surface area contributed by atoms with Crippen molar-refractivity contribution in [2.24, 2.45) is 0 Å². The van der Waals surface area contributed by atoms with Crippen LogP contribution in [0.2, 0.25) is 0 Å². The molecule has 112 valence electrons. The molecular weight excluding hydrogens is 345 g/mol. The van der Waals surface area contributed by atoms with Crippen molar-refractivity contribution in [1.82, 2.24) is 4.98 Å². The second kappa shape index (κ2) is 5.93. The summed E-state index contributed by atoms with van der Waals surface area (Å²) in [5.41, 5.74) is 8.61. The summed E-state index contributed by atoms with van der Waals surface area (Å²) in [5.74, 6) is 0.284. The molecule has 0 radical (unpaired) electrons. The Balaban J connectivity index is 1.93. The van der Waals surface area contributed by atoms with E-state index in [1.165, 1.54) is 11.8 Å². The molecule has 0 amide bonds. The van der Waals surface area contributed by atoms with Gasteiger partial charge in [-0.15, -0.1) is 0 Å². The van der Waals surface area contributed by atoms with E-state index in [2.05, 4.69) is 45.3 Å². The van der Waals surface area contributed by atoms with Crippen LogP contribution in [-0.2, 0) is 6.54 Å². The van der Waals surface area contributed by atoms with Crippen LogP contribution in [0.3, 0.4) is 0 Å². The molecule has 22 heavy (non-hydrogen) atoms. The summed E-state index contributed by atoms with van der Waals surface area (Å²) >= 11 is 3.45. The quantitative estimate of drug-likeness (QED) is 0.669. The van der Waals surface area contributed by atoms with Crippen LogP contribution in [0.1, 0.15) is 11.1 Å². The lowest BCUT2D eigenvalue weighted by Crippen LogP contribution is -2.04. The molecule has 3 rings (SSSR count). The van der Waals surface area contributed by atoms with Crippen LogP contribution in [0.15, 0.2) is 47.1 Å². The van der Waals surface area contributed by atoms with Crippen molar-refractivity contribution in [1.29, 1.82) is 0 Å². The van der Waals surface area contributed by atoms with Crippen molar-refractivity contribution in [2.75, 3.05) is 11.1 Å². The lowest BCUT2D eigenvalue weighted by atomic mass is 10.1. The number of pyridine rings is 1. The van der Waals surface area contributed by atoms with Crippen LogP contribution in [0.25, 0.3) is 10.8 Å². The molecule has 3 N–H and O–H groups in total. The fourth-order valence-electron chi connectivity index (χ4n) is 2.40. The molecular formula is C17H15BrFN3. The minimum absolute atomic E-state index is 0.368. The third-order valence-electron chi connectivity index (χ3n) is 3.61. The van der Waals surface area contributed by atoms with Crippen LogP contribution in [0, 0.1) is 12.7 Å². The average molecular weight is 360 g/mol. The Hall–Kier alpha value is -2.14. The van der Waals surface area contributed by atoms with Gasteiger partial charge in [0.1, 0.15) is 11.6 Å². The SMILES string of the molecule is Cc1cc(Br)ccc1CNc1ncc(F)c2cc(N)ccc12. The van der Waals surface area contributed by atoms with E-state index in [1.54, 1.807) is 18.2 Å². The lowest BCUT2D eigenvalue weighted by molar-refractivity contribution is 0.634. The maximum atomic E-state index is 13.9. The second-order valence-corrected chi connectivity index (χ2v) is 6.10. The Labute approximate surface area is 136 Å². The molecule has 0 aliphatic rings. The predicted octanol–water partition coefficient (Wildman–Crippen LogP) is 4.64. The van der Waals surface area contributed by atoms with Gasteiger partial charge in [0, 0.05) is 27.5 Å². The van der Waals surface area contributed by atoms with Gasteiger partial charge in [-0.05, 0) is 48.4 Å². The number of fused-ring (bicyclic) bond motifs is 1.